The lowest BCUT2D eigenvalue weighted by Gasteiger charge is -2.53. The molecule has 0 aromatic carbocycles. The number of unbranched alkanes of at least 4 members (excludes halogenated alkanes) is 10. The van der Waals surface area contributed by atoms with Crippen molar-refractivity contribution in [2.24, 2.45) is 29.1 Å². The zero-order valence-electron chi connectivity index (χ0n) is 28.8. The van der Waals surface area contributed by atoms with Gasteiger partial charge in [0.1, 0.15) is 11.7 Å². The van der Waals surface area contributed by atoms with E-state index in [1.807, 2.05) is 26.8 Å². The summed E-state index contributed by atoms with van der Waals surface area (Å²) >= 11 is 0. The second kappa shape index (κ2) is 14.0. The number of ether oxygens (including phenoxy) is 3. The molecule has 0 aliphatic heterocycles. The highest BCUT2D eigenvalue weighted by Gasteiger charge is 2.88. The largest absolute Gasteiger partial charge is 0.458 e. The molecule has 0 spiro atoms. The predicted octanol–water partition coefficient (Wildman–Crippen LogP) is 6.41. The van der Waals surface area contributed by atoms with Crippen LogP contribution >= 0.6 is 0 Å². The first kappa shape index (κ1) is 35.8. The molecule has 0 radical (unpaired) electrons. The third-order valence-corrected chi connectivity index (χ3v) is 11.9. The van der Waals surface area contributed by atoms with Crippen LogP contribution in [0.25, 0.3) is 0 Å². The molecular weight excluding hydrogens is 572 g/mol. The highest BCUT2D eigenvalue weighted by molar-refractivity contribution is 6.05. The number of esters is 2. The molecule has 8 unspecified atom stereocenters. The smallest absolute Gasteiger partial charge is 0.306 e. The standard InChI is InChI=1S/C37H58O8/c1-8-9-10-11-12-13-14-15-16-17-18-19-30(40)44-33-25(3)36(42)28(31-34(5,6)37(31,33)45-26(4)39)21-27(23-38)22-35(43-7)29(36)20-24(2)32(35)41/h20-21,25,28-29,31,33,38,42H,8-19,22-23H2,1-7H3. The van der Waals surface area contributed by atoms with Crippen molar-refractivity contribution in [1.29, 1.82) is 0 Å². The third kappa shape index (κ3) is 6.09. The molecule has 0 heterocycles. The normalized spacial score (nSPS) is 36.2. The average Bonchev–Trinajstić information content (AvgIpc) is 3.40. The minimum Gasteiger partial charge on any atom is -0.458 e. The Balaban J connectivity index is 1.53. The summed E-state index contributed by atoms with van der Waals surface area (Å²) in [6, 6.07) is 0. The van der Waals surface area contributed by atoms with Gasteiger partial charge in [-0.25, -0.2) is 0 Å². The van der Waals surface area contributed by atoms with E-state index in [0.717, 1.165) is 12.8 Å². The molecule has 8 heteroatoms. The topological polar surface area (TPSA) is 119 Å². The molecule has 0 bridgehead atoms. The quantitative estimate of drug-likeness (QED) is 0.114. The highest BCUT2D eigenvalue weighted by atomic mass is 16.6. The van der Waals surface area contributed by atoms with Crippen molar-refractivity contribution in [2.75, 3.05) is 13.7 Å². The Kier molecular flexibility index (Phi) is 11.1. The molecule has 8 nitrogen and oxygen atoms in total. The summed E-state index contributed by atoms with van der Waals surface area (Å²) in [5, 5.41) is 23.3. The van der Waals surface area contributed by atoms with Crippen LogP contribution in [0, 0.1) is 29.1 Å². The number of hydrogen-bond donors (Lipinski definition) is 2. The molecule has 0 amide bonds. The van der Waals surface area contributed by atoms with Gasteiger partial charge in [-0.1, -0.05) is 104 Å². The first-order chi connectivity index (χ1) is 21.3. The number of hydrogen-bond acceptors (Lipinski definition) is 8. The van der Waals surface area contributed by atoms with E-state index in [4.69, 9.17) is 14.2 Å². The molecule has 2 fully saturated rings. The van der Waals surface area contributed by atoms with Crippen molar-refractivity contribution >= 4 is 17.7 Å². The van der Waals surface area contributed by atoms with E-state index in [-0.39, 0.29) is 31.2 Å². The van der Waals surface area contributed by atoms with E-state index in [2.05, 4.69) is 6.92 Å². The number of methoxy groups -OCH3 is 1. The van der Waals surface area contributed by atoms with Crippen LogP contribution in [0.2, 0.25) is 0 Å². The zero-order chi connectivity index (χ0) is 33.2. The Hall–Kier alpha value is -2.03. The van der Waals surface area contributed by atoms with E-state index in [0.29, 0.717) is 17.6 Å². The van der Waals surface area contributed by atoms with Crippen molar-refractivity contribution in [3.63, 3.8) is 0 Å². The number of aliphatic hydroxyl groups is 2. The van der Waals surface area contributed by atoms with E-state index >= 15 is 0 Å². The molecule has 254 valence electrons. The van der Waals surface area contributed by atoms with Crippen LogP contribution in [0.15, 0.2) is 23.3 Å². The molecule has 4 aliphatic rings. The SMILES string of the molecule is CCCCCCCCCCCCCC(=O)OC1C(C)C2(O)C(C=C(CO)CC3(OC)C(=O)C(C)=CC32)C2C(C)(C)C12OC(C)=O. The molecular formula is C37H58O8. The Morgan fingerprint density at radius 2 is 1.56 bits per heavy atom. The lowest BCUT2D eigenvalue weighted by molar-refractivity contribution is -0.230. The van der Waals surface area contributed by atoms with Crippen molar-refractivity contribution in [3.8, 4) is 0 Å². The summed E-state index contributed by atoms with van der Waals surface area (Å²) in [4.78, 5) is 39.6. The first-order valence-electron chi connectivity index (χ1n) is 17.5. The minimum absolute atomic E-state index is 0.139. The van der Waals surface area contributed by atoms with Crippen LogP contribution in [0.1, 0.15) is 125 Å². The summed E-state index contributed by atoms with van der Waals surface area (Å²) in [6.45, 7) is 10.8. The predicted molar refractivity (Wildman–Crippen MR) is 172 cm³/mol. The van der Waals surface area contributed by atoms with Gasteiger partial charge in [0.05, 0.1) is 12.2 Å². The van der Waals surface area contributed by atoms with Crippen LogP contribution in [0.4, 0.5) is 0 Å². The second-order valence-corrected chi connectivity index (χ2v) is 14.9. The van der Waals surface area contributed by atoms with Crippen molar-refractivity contribution in [1.82, 2.24) is 0 Å². The molecule has 0 aromatic heterocycles. The van der Waals surface area contributed by atoms with Gasteiger partial charge in [-0.2, -0.15) is 0 Å². The van der Waals surface area contributed by atoms with Crippen LogP contribution in [-0.2, 0) is 28.6 Å². The second-order valence-electron chi connectivity index (χ2n) is 14.9. The summed E-state index contributed by atoms with van der Waals surface area (Å²) in [5.41, 5.74) is -3.68. The number of rotatable bonds is 16. The Morgan fingerprint density at radius 3 is 2.09 bits per heavy atom. The number of ketones is 1. The Morgan fingerprint density at radius 1 is 0.978 bits per heavy atom. The summed E-state index contributed by atoms with van der Waals surface area (Å²) in [7, 11) is 1.47. The summed E-state index contributed by atoms with van der Waals surface area (Å²) in [6.07, 6.45) is 16.1. The molecule has 8 atom stereocenters. The van der Waals surface area contributed by atoms with Gasteiger partial charge in [0.15, 0.2) is 11.4 Å². The number of carbonyl (C=O) groups excluding carboxylic acids is 3. The van der Waals surface area contributed by atoms with Gasteiger partial charge in [-0.15, -0.1) is 0 Å². The van der Waals surface area contributed by atoms with E-state index in [1.165, 1.54) is 65.4 Å². The lowest BCUT2D eigenvalue weighted by atomic mass is 9.59. The van der Waals surface area contributed by atoms with Gasteiger partial charge in [-0.05, 0) is 24.5 Å². The van der Waals surface area contributed by atoms with Crippen LogP contribution in [-0.4, -0.2) is 64.6 Å². The van der Waals surface area contributed by atoms with Crippen LogP contribution in [0.3, 0.4) is 0 Å². The molecule has 45 heavy (non-hydrogen) atoms. The third-order valence-electron chi connectivity index (χ3n) is 11.9. The van der Waals surface area contributed by atoms with Crippen molar-refractivity contribution in [2.45, 2.75) is 148 Å². The van der Waals surface area contributed by atoms with E-state index < -0.39 is 58.0 Å². The molecule has 2 saturated carbocycles. The van der Waals surface area contributed by atoms with E-state index in [9.17, 15) is 24.6 Å². The number of Topliss-reactive ketones (excluding diaryl/α,β-unsaturated/α-hetero) is 1. The molecule has 4 aliphatic carbocycles. The number of aliphatic hydroxyl groups excluding tert-OH is 1. The summed E-state index contributed by atoms with van der Waals surface area (Å²) in [5.74, 6) is -3.52. The fraction of sp³-hybridized carbons (Fsp3) is 0.811. The first-order valence-corrected chi connectivity index (χ1v) is 17.5. The van der Waals surface area contributed by atoms with E-state index in [1.54, 1.807) is 13.0 Å². The fourth-order valence-electron chi connectivity index (χ4n) is 9.46. The Bertz CT molecular complexity index is 1170. The average molecular weight is 631 g/mol. The molecule has 0 saturated heterocycles. The van der Waals surface area contributed by atoms with Gasteiger partial charge in [0, 0.05) is 56.0 Å². The molecule has 0 aromatic rings. The highest BCUT2D eigenvalue weighted by Crippen LogP contribution is 2.77. The monoisotopic (exact) mass is 630 g/mol. The van der Waals surface area contributed by atoms with Crippen LogP contribution < -0.4 is 0 Å². The maximum Gasteiger partial charge on any atom is 0.306 e. The fourth-order valence-corrected chi connectivity index (χ4v) is 9.46. The minimum atomic E-state index is -1.58. The number of fused-ring (bicyclic) bond motifs is 5. The van der Waals surface area contributed by atoms with Crippen molar-refractivity contribution < 1.29 is 38.8 Å². The van der Waals surface area contributed by atoms with Gasteiger partial charge in [0.25, 0.3) is 0 Å². The van der Waals surface area contributed by atoms with Gasteiger partial charge >= 0.3 is 11.9 Å². The lowest BCUT2D eigenvalue weighted by Crippen LogP contribution is -2.66. The summed E-state index contributed by atoms with van der Waals surface area (Å²) < 4.78 is 18.4. The maximum absolute atomic E-state index is 13.6. The van der Waals surface area contributed by atoms with Crippen LogP contribution in [0.5, 0.6) is 0 Å². The zero-order valence-corrected chi connectivity index (χ0v) is 28.8. The van der Waals surface area contributed by atoms with Crippen molar-refractivity contribution in [3.05, 3.63) is 23.3 Å². The number of carbonyl (C=O) groups is 3. The van der Waals surface area contributed by atoms with Gasteiger partial charge < -0.3 is 24.4 Å². The molecule has 4 rings (SSSR count). The maximum atomic E-state index is 13.6. The van der Waals surface area contributed by atoms with Gasteiger partial charge in [0.2, 0.25) is 0 Å². The Labute approximate surface area is 270 Å². The molecule has 2 N–H and O–H groups in total. The van der Waals surface area contributed by atoms with Gasteiger partial charge in [-0.3, -0.25) is 14.4 Å².